The van der Waals surface area contributed by atoms with Crippen LogP contribution in [0.15, 0.2) is 24.4 Å². The van der Waals surface area contributed by atoms with E-state index in [9.17, 15) is 9.59 Å². The van der Waals surface area contributed by atoms with Crippen molar-refractivity contribution in [3.63, 3.8) is 0 Å². The molecule has 1 aromatic heterocycles. The molecular weight excluding hydrogens is 318 g/mol. The molecule has 1 fully saturated rings. The van der Waals surface area contributed by atoms with E-state index in [-0.39, 0.29) is 17.4 Å². The monoisotopic (exact) mass is 343 g/mol. The third-order valence-electron chi connectivity index (χ3n) is 4.74. The molecule has 1 aliphatic rings. The summed E-state index contributed by atoms with van der Waals surface area (Å²) in [5.41, 5.74) is 1.35. The van der Waals surface area contributed by atoms with Gasteiger partial charge in [0.1, 0.15) is 0 Å². The molecule has 0 unspecified atom stereocenters. The Morgan fingerprint density at radius 1 is 1.32 bits per heavy atom. The van der Waals surface area contributed by atoms with Crippen LogP contribution >= 0.6 is 0 Å². The number of piperidine rings is 1. The number of aromatic nitrogens is 2. The largest absolute Gasteiger partial charge is 0.350 e. The summed E-state index contributed by atoms with van der Waals surface area (Å²) in [6.45, 7) is 3.71. The lowest BCUT2D eigenvalue weighted by Crippen LogP contribution is -2.55. The summed E-state index contributed by atoms with van der Waals surface area (Å²) in [4.78, 5) is 28.5. The van der Waals surface area contributed by atoms with Crippen molar-refractivity contribution in [1.29, 1.82) is 0 Å². The Morgan fingerprint density at radius 3 is 2.72 bits per heavy atom. The average molecular weight is 343 g/mol. The first-order chi connectivity index (χ1) is 11.9. The fraction of sp³-hybridized carbons (Fsp3) is 0.500. The minimum atomic E-state index is -0.252. The molecule has 2 heterocycles. The van der Waals surface area contributed by atoms with Gasteiger partial charge in [0.2, 0.25) is 5.91 Å². The Labute approximate surface area is 147 Å². The molecule has 0 bridgehead atoms. The van der Waals surface area contributed by atoms with Crippen molar-refractivity contribution < 1.29 is 9.59 Å². The molecule has 1 aliphatic heterocycles. The number of fused-ring (bicyclic) bond motifs is 1. The van der Waals surface area contributed by atoms with Crippen molar-refractivity contribution in [3.05, 3.63) is 30.0 Å². The second-order valence-corrected chi connectivity index (χ2v) is 7.31. The maximum absolute atomic E-state index is 12.7. The van der Waals surface area contributed by atoms with Gasteiger partial charge in [-0.2, -0.15) is 5.10 Å². The van der Waals surface area contributed by atoms with Crippen LogP contribution in [0.2, 0.25) is 0 Å². The number of amides is 2. The van der Waals surface area contributed by atoms with Crippen molar-refractivity contribution in [2.24, 2.45) is 0 Å². The zero-order valence-corrected chi connectivity index (χ0v) is 15.0. The molecule has 0 radical (unpaired) electrons. The van der Waals surface area contributed by atoms with Gasteiger partial charge in [0.15, 0.2) is 0 Å². The number of aromatic amines is 1. The lowest BCUT2D eigenvalue weighted by atomic mass is 9.89. The van der Waals surface area contributed by atoms with Crippen LogP contribution in [-0.4, -0.2) is 71.1 Å². The number of rotatable bonds is 4. The van der Waals surface area contributed by atoms with E-state index < -0.39 is 0 Å². The normalized spacial score (nSPS) is 17.0. The quantitative estimate of drug-likeness (QED) is 0.875. The highest BCUT2D eigenvalue weighted by Crippen LogP contribution is 2.24. The average Bonchev–Trinajstić information content (AvgIpc) is 3.01. The van der Waals surface area contributed by atoms with E-state index in [4.69, 9.17) is 0 Å². The van der Waals surface area contributed by atoms with E-state index in [1.54, 1.807) is 6.20 Å². The van der Waals surface area contributed by atoms with Crippen molar-refractivity contribution in [3.8, 4) is 0 Å². The molecule has 2 amide bonds. The summed E-state index contributed by atoms with van der Waals surface area (Å²) < 4.78 is 0. The van der Waals surface area contributed by atoms with Gasteiger partial charge in [-0.15, -0.1) is 0 Å². The molecule has 3 rings (SSSR count). The van der Waals surface area contributed by atoms with E-state index >= 15 is 0 Å². The van der Waals surface area contributed by atoms with E-state index in [1.165, 1.54) is 0 Å². The second kappa shape index (κ2) is 6.84. The van der Waals surface area contributed by atoms with Crippen molar-refractivity contribution in [2.75, 3.05) is 33.7 Å². The highest BCUT2D eigenvalue weighted by atomic mass is 16.2. The molecule has 25 heavy (non-hydrogen) atoms. The minimum Gasteiger partial charge on any atom is -0.350 e. The Hall–Kier alpha value is -2.41. The van der Waals surface area contributed by atoms with Crippen molar-refractivity contribution in [1.82, 2.24) is 25.3 Å². The number of carbonyl (C=O) groups is 2. The van der Waals surface area contributed by atoms with E-state index in [2.05, 4.69) is 22.4 Å². The van der Waals surface area contributed by atoms with Gasteiger partial charge >= 0.3 is 0 Å². The Kier molecular flexibility index (Phi) is 4.76. The summed E-state index contributed by atoms with van der Waals surface area (Å²) >= 11 is 0. The molecule has 2 aromatic rings. The molecule has 7 heteroatoms. The molecule has 1 aromatic carbocycles. The highest BCUT2D eigenvalue weighted by molar-refractivity contribution is 5.98. The van der Waals surface area contributed by atoms with Crippen LogP contribution in [0.3, 0.4) is 0 Å². The van der Waals surface area contributed by atoms with Crippen LogP contribution in [-0.2, 0) is 4.79 Å². The van der Waals surface area contributed by atoms with Crippen LogP contribution in [0.25, 0.3) is 10.9 Å². The van der Waals surface area contributed by atoms with Gasteiger partial charge < -0.3 is 15.1 Å². The Bertz CT molecular complexity index is 775. The summed E-state index contributed by atoms with van der Waals surface area (Å²) in [5, 5.41) is 10.9. The number of hydrogen-bond donors (Lipinski definition) is 2. The number of nitrogens with zero attached hydrogens (tertiary/aromatic N) is 3. The first-order valence-electron chi connectivity index (χ1n) is 8.54. The molecule has 2 N–H and O–H groups in total. The first-order valence-corrected chi connectivity index (χ1v) is 8.54. The van der Waals surface area contributed by atoms with Crippen LogP contribution in [0.5, 0.6) is 0 Å². The van der Waals surface area contributed by atoms with Gasteiger partial charge in [0, 0.05) is 29.6 Å². The zero-order valence-electron chi connectivity index (χ0n) is 15.0. The molecule has 134 valence electrons. The number of hydrogen-bond acceptors (Lipinski definition) is 4. The third kappa shape index (κ3) is 3.99. The lowest BCUT2D eigenvalue weighted by molar-refractivity contribution is -0.123. The highest BCUT2D eigenvalue weighted by Gasteiger charge is 2.33. The van der Waals surface area contributed by atoms with Gasteiger partial charge in [-0.25, -0.2) is 0 Å². The van der Waals surface area contributed by atoms with E-state index in [0.29, 0.717) is 25.2 Å². The summed E-state index contributed by atoms with van der Waals surface area (Å²) in [5.74, 6) is 0.0578. The van der Waals surface area contributed by atoms with Crippen LogP contribution in [0.1, 0.15) is 30.1 Å². The number of benzene rings is 1. The molecule has 0 spiro atoms. The molecular formula is C18H25N5O2. The van der Waals surface area contributed by atoms with Gasteiger partial charge in [-0.1, -0.05) is 0 Å². The number of H-pyrrole nitrogens is 1. The molecule has 0 aliphatic carbocycles. The predicted molar refractivity (Wildman–Crippen MR) is 96.3 cm³/mol. The number of nitrogens with one attached hydrogen (secondary N) is 2. The summed E-state index contributed by atoms with van der Waals surface area (Å²) in [6.07, 6.45) is 3.23. The summed E-state index contributed by atoms with van der Waals surface area (Å²) in [7, 11) is 3.75. The van der Waals surface area contributed by atoms with Crippen LogP contribution < -0.4 is 5.32 Å². The summed E-state index contributed by atoms with van der Waals surface area (Å²) in [6, 6.07) is 5.58. The number of carbonyl (C=O) groups excluding carboxylic acids is 2. The molecule has 1 saturated heterocycles. The van der Waals surface area contributed by atoms with Gasteiger partial charge in [-0.05, 0) is 52.1 Å². The fourth-order valence-electron chi connectivity index (χ4n) is 3.25. The Morgan fingerprint density at radius 2 is 2.04 bits per heavy atom. The van der Waals surface area contributed by atoms with Crippen molar-refractivity contribution >= 4 is 22.7 Å². The van der Waals surface area contributed by atoms with Crippen LogP contribution in [0, 0.1) is 0 Å². The van der Waals surface area contributed by atoms with Gasteiger partial charge in [0.25, 0.3) is 5.91 Å². The van der Waals surface area contributed by atoms with Crippen molar-refractivity contribution in [2.45, 2.75) is 25.3 Å². The smallest absolute Gasteiger partial charge is 0.253 e. The first kappa shape index (κ1) is 17.4. The number of likely N-dealkylation sites (N-methyl/N-ethyl adjacent to an activating group) is 1. The Balaban J connectivity index is 1.61. The maximum Gasteiger partial charge on any atom is 0.253 e. The SMILES string of the molecule is CN(C)CC(=O)NC1(C)CCN(C(=O)c2ccc3[nH]ncc3c2)CC1. The minimum absolute atomic E-state index is 0.0256. The zero-order chi connectivity index (χ0) is 18.0. The maximum atomic E-state index is 12.7. The lowest BCUT2D eigenvalue weighted by Gasteiger charge is -2.40. The van der Waals surface area contributed by atoms with E-state index in [1.807, 2.05) is 42.1 Å². The van der Waals surface area contributed by atoms with Crippen LogP contribution in [0.4, 0.5) is 0 Å². The second-order valence-electron chi connectivity index (χ2n) is 7.31. The fourth-order valence-corrected chi connectivity index (χ4v) is 3.25. The van der Waals surface area contributed by atoms with Gasteiger partial charge in [0.05, 0.1) is 18.3 Å². The van der Waals surface area contributed by atoms with E-state index in [0.717, 1.165) is 23.7 Å². The molecule has 0 atom stereocenters. The number of likely N-dealkylation sites (tertiary alicyclic amines) is 1. The van der Waals surface area contributed by atoms with Gasteiger partial charge in [-0.3, -0.25) is 14.7 Å². The third-order valence-corrected chi connectivity index (χ3v) is 4.74. The molecule has 0 saturated carbocycles. The molecule has 7 nitrogen and oxygen atoms in total. The topological polar surface area (TPSA) is 81.3 Å². The predicted octanol–water partition coefficient (Wildman–Crippen LogP) is 1.24. The standard InChI is InChI=1S/C18H25N5O2/c1-18(20-16(24)12-22(2)3)6-8-23(9-7-18)17(25)13-4-5-15-14(10-13)11-19-21-15/h4-5,10-11H,6-9,12H2,1-3H3,(H,19,21)(H,20,24).